The van der Waals surface area contributed by atoms with Crippen molar-refractivity contribution < 1.29 is 14.3 Å². The molecule has 0 aromatic heterocycles. The van der Waals surface area contributed by atoms with Gasteiger partial charge in [-0.1, -0.05) is 64.7 Å². The molecular weight excluding hydrogens is 280 g/mol. The van der Waals surface area contributed by atoms with E-state index >= 15 is 0 Å². The van der Waals surface area contributed by atoms with Crippen LogP contribution in [0.25, 0.3) is 0 Å². The smallest absolute Gasteiger partial charge is 0.438 e. The lowest BCUT2D eigenvalue weighted by molar-refractivity contribution is 0.0713. The molecule has 0 aromatic carbocycles. The van der Waals surface area contributed by atoms with E-state index in [1.165, 1.54) is 58.5 Å². The minimum Gasteiger partial charge on any atom is -0.438 e. The van der Waals surface area contributed by atoms with E-state index in [2.05, 4.69) is 11.7 Å². The molecule has 0 aliphatic rings. The van der Waals surface area contributed by atoms with Crippen LogP contribution >= 0.6 is 0 Å². The first-order chi connectivity index (χ1) is 10.0. The summed E-state index contributed by atoms with van der Waals surface area (Å²) in [4.78, 5) is 12.6. The fraction of sp³-hybridized carbons (Fsp3) is 0.941. The zero-order chi connectivity index (χ0) is 16.3. The van der Waals surface area contributed by atoms with Crippen molar-refractivity contribution in [3.05, 3.63) is 0 Å². The second-order valence-electron chi connectivity index (χ2n) is 5.83. The van der Waals surface area contributed by atoms with Gasteiger partial charge in [0, 0.05) is 0 Å². The summed E-state index contributed by atoms with van der Waals surface area (Å²) in [5.41, 5.74) is 0. The summed E-state index contributed by atoms with van der Waals surface area (Å²) in [6.45, 7) is 2.74. The lowest BCUT2D eigenvalue weighted by Gasteiger charge is -2.03. The van der Waals surface area contributed by atoms with Gasteiger partial charge in [-0.3, -0.25) is 0 Å². The Hall–Kier alpha value is -0.810. The number of rotatable bonds is 11. The molecule has 0 saturated heterocycles. The number of methoxy groups -OCH3 is 1. The summed E-state index contributed by atoms with van der Waals surface area (Å²) in [6, 6.07) is 0. The molecule has 0 spiro atoms. The van der Waals surface area contributed by atoms with E-state index in [-0.39, 0.29) is 6.15 Å². The molecule has 3 N–H and O–H groups in total. The summed E-state index contributed by atoms with van der Waals surface area (Å²) in [6.07, 6.45) is 12.3. The van der Waals surface area contributed by atoms with Crippen molar-refractivity contribution in [3.63, 3.8) is 0 Å². The third-order valence-corrected chi connectivity index (χ3v) is 2.88. The van der Waals surface area contributed by atoms with Crippen molar-refractivity contribution in [1.29, 1.82) is 0 Å². The minimum atomic E-state index is -0.569. The molecule has 0 unspecified atom stereocenters. The molecule has 0 bridgehead atoms. The Labute approximate surface area is 138 Å². The van der Waals surface area contributed by atoms with Gasteiger partial charge in [0.1, 0.15) is 0 Å². The molecule has 0 amide bonds. The van der Waals surface area contributed by atoms with Gasteiger partial charge in [-0.2, -0.15) is 0 Å². The maximum absolute atomic E-state index is 10.6. The highest BCUT2D eigenvalue weighted by Crippen LogP contribution is 2.10. The summed E-state index contributed by atoms with van der Waals surface area (Å²) in [7, 11) is 7.33. The maximum atomic E-state index is 10.6. The van der Waals surface area contributed by atoms with E-state index in [9.17, 15) is 4.79 Å². The van der Waals surface area contributed by atoms with E-state index in [1.807, 2.05) is 26.0 Å². The van der Waals surface area contributed by atoms with E-state index in [0.717, 1.165) is 12.8 Å². The van der Waals surface area contributed by atoms with Gasteiger partial charge >= 0.3 is 6.16 Å². The molecule has 0 fully saturated rings. The number of hydrogen-bond acceptors (Lipinski definition) is 5. The van der Waals surface area contributed by atoms with Gasteiger partial charge in [0.2, 0.25) is 0 Å². The second kappa shape index (κ2) is 22.5. The molecule has 0 radical (unpaired) electrons. The first-order valence-electron chi connectivity index (χ1n) is 8.36. The Bertz CT molecular complexity index is 209. The predicted octanol–water partition coefficient (Wildman–Crippen LogP) is 5.03. The summed E-state index contributed by atoms with van der Waals surface area (Å²) >= 11 is 0. The van der Waals surface area contributed by atoms with Crippen molar-refractivity contribution >= 4 is 6.16 Å². The lowest BCUT2D eigenvalue weighted by Crippen LogP contribution is -2.05. The monoisotopic (exact) mass is 320 g/mol. The number of carbonyl (C=O) groups excluding carboxylic acids is 1. The molecule has 22 heavy (non-hydrogen) atoms. The molecule has 0 aromatic rings. The molecule has 0 rings (SSSR count). The first kappa shape index (κ1) is 26.1. The average Bonchev–Trinajstić information content (AvgIpc) is 2.43. The van der Waals surface area contributed by atoms with Crippen LogP contribution in [0, 0.1) is 0 Å². The molecule has 136 valence electrons. The Morgan fingerprint density at radius 1 is 0.818 bits per heavy atom. The van der Waals surface area contributed by atoms with Crippen molar-refractivity contribution in [3.8, 4) is 0 Å². The lowest BCUT2D eigenvalue weighted by atomic mass is 10.1. The van der Waals surface area contributed by atoms with Crippen LogP contribution in [0.15, 0.2) is 0 Å². The van der Waals surface area contributed by atoms with E-state index in [0.29, 0.717) is 6.61 Å². The first-order valence-corrected chi connectivity index (χ1v) is 8.36. The van der Waals surface area contributed by atoms with Crippen LogP contribution in [0.3, 0.4) is 0 Å². The summed E-state index contributed by atoms with van der Waals surface area (Å²) in [5.74, 6) is 0. The Kier molecular flexibility index (Phi) is 26.7. The molecule has 0 aliphatic heterocycles. The fourth-order valence-corrected chi connectivity index (χ4v) is 1.80. The van der Waals surface area contributed by atoms with Crippen LogP contribution in [0.4, 0.5) is 4.79 Å². The average molecular weight is 321 g/mol. The van der Waals surface area contributed by atoms with E-state index in [4.69, 9.17) is 4.74 Å². The Morgan fingerprint density at radius 3 is 1.55 bits per heavy atom. The van der Waals surface area contributed by atoms with Crippen molar-refractivity contribution in [1.82, 2.24) is 11.1 Å². The summed E-state index contributed by atoms with van der Waals surface area (Å²) in [5, 5.41) is 0. The van der Waals surface area contributed by atoms with Gasteiger partial charge in [0.15, 0.2) is 0 Å². The molecule has 0 heterocycles. The molecular formula is C17H40N2O3. The number of carbonyl (C=O) groups is 1. The van der Waals surface area contributed by atoms with Crippen LogP contribution in [0.5, 0.6) is 0 Å². The fourth-order valence-electron chi connectivity index (χ4n) is 1.80. The van der Waals surface area contributed by atoms with Crippen LogP contribution in [0.2, 0.25) is 0 Å². The quantitative estimate of drug-likeness (QED) is 0.427. The third-order valence-electron chi connectivity index (χ3n) is 2.88. The number of nitrogens with zero attached hydrogens (tertiary/aromatic N) is 1. The van der Waals surface area contributed by atoms with Gasteiger partial charge in [0.05, 0.1) is 13.7 Å². The van der Waals surface area contributed by atoms with Crippen LogP contribution in [0.1, 0.15) is 71.1 Å². The van der Waals surface area contributed by atoms with Crippen molar-refractivity contribution in [2.75, 3.05) is 34.9 Å². The van der Waals surface area contributed by atoms with Crippen molar-refractivity contribution in [2.24, 2.45) is 0 Å². The van der Waals surface area contributed by atoms with Gasteiger partial charge in [-0.15, -0.1) is 0 Å². The molecule has 0 atom stereocenters. The third kappa shape index (κ3) is 31.5. The Balaban J connectivity index is -0.000000640. The van der Waals surface area contributed by atoms with E-state index < -0.39 is 6.16 Å². The molecule has 5 nitrogen and oxygen atoms in total. The van der Waals surface area contributed by atoms with Crippen LogP contribution in [-0.2, 0) is 9.47 Å². The number of unbranched alkanes of at least 4 members (excludes halogenated alkanes) is 9. The van der Waals surface area contributed by atoms with Crippen LogP contribution < -0.4 is 6.15 Å². The largest absolute Gasteiger partial charge is 0.507 e. The Morgan fingerprint density at radius 2 is 1.18 bits per heavy atom. The summed E-state index contributed by atoms with van der Waals surface area (Å²) < 4.78 is 9.18. The van der Waals surface area contributed by atoms with Gasteiger partial charge < -0.3 is 20.5 Å². The normalized spacial score (nSPS) is 9.55. The predicted molar refractivity (Wildman–Crippen MR) is 94.8 cm³/mol. The van der Waals surface area contributed by atoms with E-state index in [1.54, 1.807) is 0 Å². The highest BCUT2D eigenvalue weighted by molar-refractivity contribution is 5.59. The topological polar surface area (TPSA) is 73.8 Å². The standard InChI is InChI=1S/C14H28O3.C3H9N.H3N/c1-3-4-5-6-7-8-9-10-11-12-13-17-14(15)16-2;1-4(2)3;/h3-13H2,1-2H3;1-3H3;1H3. The second-order valence-corrected chi connectivity index (χ2v) is 5.83. The number of ether oxygens (including phenoxy) is 2. The molecule has 0 saturated carbocycles. The van der Waals surface area contributed by atoms with Gasteiger partial charge in [-0.25, -0.2) is 4.79 Å². The zero-order valence-electron chi connectivity index (χ0n) is 15.7. The highest BCUT2D eigenvalue weighted by atomic mass is 16.7. The minimum absolute atomic E-state index is 0. The number of hydrogen-bond donors (Lipinski definition) is 1. The van der Waals surface area contributed by atoms with Crippen LogP contribution in [-0.4, -0.2) is 45.9 Å². The highest BCUT2D eigenvalue weighted by Gasteiger charge is 1.98. The van der Waals surface area contributed by atoms with Gasteiger partial charge in [-0.05, 0) is 27.6 Å². The van der Waals surface area contributed by atoms with Gasteiger partial charge in [0.25, 0.3) is 0 Å². The maximum Gasteiger partial charge on any atom is 0.507 e. The van der Waals surface area contributed by atoms with Crippen molar-refractivity contribution in [2.45, 2.75) is 71.1 Å². The molecule has 0 aliphatic carbocycles. The zero-order valence-corrected chi connectivity index (χ0v) is 15.7. The SMILES string of the molecule is CCCCCCCCCCCCOC(=O)OC.CN(C)C.N. The molecule has 5 heteroatoms.